The van der Waals surface area contributed by atoms with E-state index in [0.717, 1.165) is 40.6 Å². The lowest BCUT2D eigenvalue weighted by Gasteiger charge is -2.22. The first kappa shape index (κ1) is 25.8. The molecular formula is C18H29Br2N3O4. The fraction of sp³-hybridized carbons (Fsp3) is 0.556. The SMILES string of the molecule is CCCN(CCCCCN)CCc1cc(Br)c(N)c(Br)c1.O=C(O)C(=O)O. The van der Waals surface area contributed by atoms with Crippen molar-refractivity contribution in [2.45, 2.75) is 39.0 Å². The smallest absolute Gasteiger partial charge is 0.414 e. The van der Waals surface area contributed by atoms with Crippen LogP contribution in [0.3, 0.4) is 0 Å². The van der Waals surface area contributed by atoms with Gasteiger partial charge in [0.2, 0.25) is 0 Å². The lowest BCUT2D eigenvalue weighted by Crippen LogP contribution is -2.28. The molecule has 0 aromatic heterocycles. The zero-order valence-corrected chi connectivity index (χ0v) is 18.8. The molecule has 0 radical (unpaired) electrons. The Morgan fingerprint density at radius 1 is 1.00 bits per heavy atom. The average molecular weight is 511 g/mol. The van der Waals surface area contributed by atoms with Gasteiger partial charge >= 0.3 is 11.9 Å². The van der Waals surface area contributed by atoms with E-state index in [1.54, 1.807) is 0 Å². The molecule has 0 aliphatic carbocycles. The van der Waals surface area contributed by atoms with Gasteiger partial charge in [0.25, 0.3) is 0 Å². The predicted octanol–water partition coefficient (Wildman–Crippen LogP) is 3.33. The Morgan fingerprint density at radius 3 is 2.00 bits per heavy atom. The third-order valence-electron chi connectivity index (χ3n) is 3.76. The van der Waals surface area contributed by atoms with Crippen molar-refractivity contribution in [1.29, 1.82) is 0 Å². The second-order valence-corrected chi connectivity index (χ2v) is 7.73. The largest absolute Gasteiger partial charge is 0.473 e. The fourth-order valence-electron chi connectivity index (χ4n) is 2.38. The summed E-state index contributed by atoms with van der Waals surface area (Å²) >= 11 is 7.03. The normalized spacial score (nSPS) is 10.4. The number of nitrogens with two attached hydrogens (primary N) is 2. The number of hydrogen-bond acceptors (Lipinski definition) is 5. The Bertz CT molecular complexity index is 565. The number of carbonyl (C=O) groups is 2. The maximum absolute atomic E-state index is 9.10. The van der Waals surface area contributed by atoms with E-state index in [1.807, 2.05) is 0 Å². The number of anilines is 1. The molecule has 0 heterocycles. The number of nitrogen functional groups attached to an aromatic ring is 1. The first-order chi connectivity index (χ1) is 12.7. The average Bonchev–Trinajstić information content (AvgIpc) is 2.61. The second kappa shape index (κ2) is 14.8. The van der Waals surface area contributed by atoms with Gasteiger partial charge in [-0.1, -0.05) is 13.3 Å². The third-order valence-corrected chi connectivity index (χ3v) is 5.07. The highest BCUT2D eigenvalue weighted by molar-refractivity contribution is 9.11. The van der Waals surface area contributed by atoms with Crippen molar-refractivity contribution < 1.29 is 19.8 Å². The molecule has 0 atom stereocenters. The van der Waals surface area contributed by atoms with Crippen LogP contribution < -0.4 is 11.5 Å². The first-order valence-electron chi connectivity index (χ1n) is 8.84. The minimum Gasteiger partial charge on any atom is -0.473 e. The third kappa shape index (κ3) is 12.0. The number of rotatable bonds is 10. The van der Waals surface area contributed by atoms with Crippen molar-refractivity contribution in [2.24, 2.45) is 5.73 Å². The molecular weight excluding hydrogens is 482 g/mol. The molecule has 0 aliphatic rings. The zero-order chi connectivity index (χ0) is 20.8. The van der Waals surface area contributed by atoms with E-state index < -0.39 is 11.9 Å². The van der Waals surface area contributed by atoms with Gasteiger partial charge in [-0.2, -0.15) is 0 Å². The number of unbranched alkanes of at least 4 members (excludes halogenated alkanes) is 2. The van der Waals surface area contributed by atoms with Gasteiger partial charge in [0, 0.05) is 15.5 Å². The van der Waals surface area contributed by atoms with E-state index in [1.165, 1.54) is 37.9 Å². The van der Waals surface area contributed by atoms with Crippen LogP contribution in [0.15, 0.2) is 21.1 Å². The summed E-state index contributed by atoms with van der Waals surface area (Å²) in [5.41, 5.74) is 13.6. The minimum absolute atomic E-state index is 0.769. The molecule has 0 unspecified atom stereocenters. The number of carboxylic acid groups (broad SMARTS) is 2. The molecule has 1 aromatic rings. The summed E-state index contributed by atoms with van der Waals surface area (Å²) in [6, 6.07) is 4.25. The molecule has 1 aromatic carbocycles. The van der Waals surface area contributed by atoms with Gasteiger partial charge in [0.15, 0.2) is 0 Å². The summed E-state index contributed by atoms with van der Waals surface area (Å²) in [6.45, 7) is 6.48. The highest BCUT2D eigenvalue weighted by Crippen LogP contribution is 2.29. The molecule has 27 heavy (non-hydrogen) atoms. The van der Waals surface area contributed by atoms with Crippen LogP contribution in [0, 0.1) is 0 Å². The quantitative estimate of drug-likeness (QED) is 0.216. The topological polar surface area (TPSA) is 130 Å². The van der Waals surface area contributed by atoms with E-state index in [4.69, 9.17) is 31.3 Å². The summed E-state index contributed by atoms with van der Waals surface area (Å²) in [7, 11) is 0. The lowest BCUT2D eigenvalue weighted by atomic mass is 10.1. The van der Waals surface area contributed by atoms with E-state index in [0.29, 0.717) is 0 Å². The van der Waals surface area contributed by atoms with Gasteiger partial charge in [-0.3, -0.25) is 0 Å². The summed E-state index contributed by atoms with van der Waals surface area (Å²) < 4.78 is 1.94. The van der Waals surface area contributed by atoms with E-state index in [2.05, 4.69) is 55.8 Å². The fourth-order valence-corrected chi connectivity index (χ4v) is 3.66. The molecule has 0 bridgehead atoms. The van der Waals surface area contributed by atoms with E-state index in [-0.39, 0.29) is 0 Å². The minimum atomic E-state index is -1.82. The van der Waals surface area contributed by atoms with Crippen LogP contribution in [-0.2, 0) is 16.0 Å². The second-order valence-electron chi connectivity index (χ2n) is 6.02. The van der Waals surface area contributed by atoms with Crippen molar-refractivity contribution in [3.63, 3.8) is 0 Å². The Labute approximate surface area is 177 Å². The Morgan fingerprint density at radius 2 is 1.56 bits per heavy atom. The zero-order valence-electron chi connectivity index (χ0n) is 15.6. The van der Waals surface area contributed by atoms with Crippen LogP contribution in [-0.4, -0.2) is 53.2 Å². The van der Waals surface area contributed by atoms with Crippen LogP contribution in [0.1, 0.15) is 38.2 Å². The van der Waals surface area contributed by atoms with Gasteiger partial charge < -0.3 is 26.6 Å². The Balaban J connectivity index is 0.000000972. The molecule has 0 aliphatic heterocycles. The van der Waals surface area contributed by atoms with Gasteiger partial charge in [-0.25, -0.2) is 9.59 Å². The number of hydrogen-bond donors (Lipinski definition) is 4. The van der Waals surface area contributed by atoms with Crippen molar-refractivity contribution >= 4 is 49.5 Å². The number of halogens is 2. The molecule has 0 amide bonds. The Hall–Kier alpha value is -1.16. The molecule has 0 fully saturated rings. The number of benzene rings is 1. The highest BCUT2D eigenvalue weighted by atomic mass is 79.9. The van der Waals surface area contributed by atoms with Crippen LogP contribution >= 0.6 is 31.9 Å². The summed E-state index contributed by atoms with van der Waals surface area (Å²) in [5, 5.41) is 14.8. The molecule has 154 valence electrons. The monoisotopic (exact) mass is 509 g/mol. The van der Waals surface area contributed by atoms with Crippen molar-refractivity contribution in [3.8, 4) is 0 Å². The summed E-state index contributed by atoms with van der Waals surface area (Å²) in [4.78, 5) is 20.7. The maximum Gasteiger partial charge on any atom is 0.414 e. The summed E-state index contributed by atoms with van der Waals surface area (Å²) in [6.07, 6.45) is 5.86. The van der Waals surface area contributed by atoms with Crippen molar-refractivity contribution in [3.05, 3.63) is 26.6 Å². The van der Waals surface area contributed by atoms with E-state index >= 15 is 0 Å². The predicted molar refractivity (Wildman–Crippen MR) is 115 cm³/mol. The van der Waals surface area contributed by atoms with Crippen LogP contribution in [0.25, 0.3) is 0 Å². The number of aliphatic carboxylic acids is 2. The molecule has 0 saturated carbocycles. The Kier molecular flexibility index (Phi) is 14.2. The maximum atomic E-state index is 9.10. The standard InChI is InChI=1S/C16H27Br2N3.C2H2O4/c1-2-8-21(9-5-3-4-7-19)10-6-13-11-14(17)16(20)15(18)12-13;3-1(4)2(5)6/h11-12H,2-10,19-20H2,1H3;(H,3,4)(H,5,6). The van der Waals surface area contributed by atoms with Gasteiger partial charge in [-0.15, -0.1) is 0 Å². The van der Waals surface area contributed by atoms with Crippen LogP contribution in [0.5, 0.6) is 0 Å². The van der Waals surface area contributed by atoms with Crippen LogP contribution in [0.4, 0.5) is 5.69 Å². The molecule has 0 spiro atoms. The lowest BCUT2D eigenvalue weighted by molar-refractivity contribution is -0.159. The van der Waals surface area contributed by atoms with Crippen LogP contribution in [0.2, 0.25) is 0 Å². The molecule has 1 rings (SSSR count). The molecule has 0 saturated heterocycles. The number of nitrogens with zero attached hydrogens (tertiary/aromatic N) is 1. The number of carboxylic acids is 2. The molecule has 6 N–H and O–H groups in total. The summed E-state index contributed by atoms with van der Waals surface area (Å²) in [5.74, 6) is -3.65. The highest BCUT2D eigenvalue weighted by Gasteiger charge is 2.07. The van der Waals surface area contributed by atoms with E-state index in [9.17, 15) is 0 Å². The van der Waals surface area contributed by atoms with Gasteiger partial charge in [0.05, 0.1) is 5.69 Å². The first-order valence-corrected chi connectivity index (χ1v) is 10.4. The van der Waals surface area contributed by atoms with Gasteiger partial charge in [-0.05, 0) is 94.9 Å². The molecule has 7 nitrogen and oxygen atoms in total. The van der Waals surface area contributed by atoms with Crippen molar-refractivity contribution in [2.75, 3.05) is 31.9 Å². The molecule has 9 heteroatoms. The van der Waals surface area contributed by atoms with Gasteiger partial charge in [0.1, 0.15) is 0 Å². The van der Waals surface area contributed by atoms with Crippen molar-refractivity contribution in [1.82, 2.24) is 4.90 Å².